The second kappa shape index (κ2) is 5.95. The molecule has 0 fully saturated rings. The maximum atomic E-state index is 10.7. The van der Waals surface area contributed by atoms with E-state index in [9.17, 15) is 10.1 Å². The summed E-state index contributed by atoms with van der Waals surface area (Å²) in [4.78, 5) is 10.4. The van der Waals surface area contributed by atoms with E-state index in [1.165, 1.54) is 6.07 Å². The zero-order valence-corrected chi connectivity index (χ0v) is 12.6. The largest absolute Gasteiger partial charge is 0.382 e. The van der Waals surface area contributed by atoms with Crippen LogP contribution in [0.4, 0.5) is 11.4 Å². The zero-order chi connectivity index (χ0) is 15.6. The third-order valence-electron chi connectivity index (χ3n) is 3.51. The van der Waals surface area contributed by atoms with E-state index in [1.54, 1.807) is 12.1 Å². The van der Waals surface area contributed by atoms with Gasteiger partial charge in [0, 0.05) is 29.4 Å². The van der Waals surface area contributed by atoms with E-state index in [1.807, 2.05) is 20.8 Å². The topological polar surface area (TPSA) is 81.2 Å². The first-order valence-electron chi connectivity index (χ1n) is 6.81. The van der Waals surface area contributed by atoms with Gasteiger partial charge in [-0.2, -0.15) is 0 Å². The Balaban J connectivity index is 2.09. The second-order valence-electron chi connectivity index (χ2n) is 5.31. The number of hydrogen-bond donors (Lipinski definition) is 1. The number of aromatic nitrogens is 1. The summed E-state index contributed by atoms with van der Waals surface area (Å²) in [6, 6.07) is 5.00. The quantitative estimate of drug-likeness (QED) is 0.672. The lowest BCUT2D eigenvalue weighted by Crippen LogP contribution is -2.19. The molecule has 1 aromatic carbocycles. The van der Waals surface area contributed by atoms with Gasteiger partial charge in [0.2, 0.25) is 0 Å². The Hall–Kier alpha value is -2.37. The molecule has 1 unspecified atom stereocenters. The molecule has 1 heterocycles. The van der Waals surface area contributed by atoms with Crippen molar-refractivity contribution in [2.24, 2.45) is 0 Å². The highest BCUT2D eigenvalue weighted by Gasteiger charge is 2.14. The van der Waals surface area contributed by atoms with Crippen molar-refractivity contribution in [3.8, 4) is 0 Å². The first-order chi connectivity index (χ1) is 9.88. The third kappa shape index (κ3) is 3.39. The lowest BCUT2D eigenvalue weighted by Gasteiger charge is -2.16. The van der Waals surface area contributed by atoms with Crippen LogP contribution in [0.25, 0.3) is 0 Å². The lowest BCUT2D eigenvalue weighted by atomic mass is 10.0. The van der Waals surface area contributed by atoms with Crippen molar-refractivity contribution in [1.82, 2.24) is 5.16 Å². The summed E-state index contributed by atoms with van der Waals surface area (Å²) in [5.41, 5.74) is 3.88. The molecule has 0 aliphatic carbocycles. The third-order valence-corrected chi connectivity index (χ3v) is 3.51. The first kappa shape index (κ1) is 15.0. The van der Waals surface area contributed by atoms with Crippen molar-refractivity contribution in [2.45, 2.75) is 40.2 Å². The molecule has 6 heteroatoms. The number of nitro benzene ring substituents is 1. The highest BCUT2D eigenvalue weighted by molar-refractivity contribution is 5.56. The van der Waals surface area contributed by atoms with E-state index < -0.39 is 0 Å². The summed E-state index contributed by atoms with van der Waals surface area (Å²) >= 11 is 0. The van der Waals surface area contributed by atoms with Crippen molar-refractivity contribution in [1.29, 1.82) is 0 Å². The summed E-state index contributed by atoms with van der Waals surface area (Å²) < 4.78 is 5.16. The van der Waals surface area contributed by atoms with Crippen LogP contribution in [0.1, 0.15) is 29.5 Å². The van der Waals surface area contributed by atoms with Crippen LogP contribution in [0, 0.1) is 30.9 Å². The molecular weight excluding hydrogens is 270 g/mol. The fourth-order valence-corrected chi connectivity index (χ4v) is 2.34. The molecule has 2 rings (SSSR count). The van der Waals surface area contributed by atoms with Crippen LogP contribution < -0.4 is 5.32 Å². The fraction of sp³-hybridized carbons (Fsp3) is 0.400. The van der Waals surface area contributed by atoms with Gasteiger partial charge in [-0.25, -0.2) is 0 Å². The molecule has 0 aliphatic rings. The van der Waals surface area contributed by atoms with E-state index in [2.05, 4.69) is 17.4 Å². The van der Waals surface area contributed by atoms with Crippen molar-refractivity contribution in [3.63, 3.8) is 0 Å². The van der Waals surface area contributed by atoms with E-state index in [4.69, 9.17) is 4.52 Å². The normalized spacial score (nSPS) is 12.2. The molecule has 2 aromatic rings. The number of nitro groups is 1. The molecule has 0 bridgehead atoms. The van der Waals surface area contributed by atoms with Gasteiger partial charge in [0.15, 0.2) is 0 Å². The number of nitrogens with zero attached hydrogens (tertiary/aromatic N) is 2. The number of hydrogen-bond acceptors (Lipinski definition) is 5. The maximum absolute atomic E-state index is 10.7. The van der Waals surface area contributed by atoms with Gasteiger partial charge < -0.3 is 9.84 Å². The number of rotatable bonds is 5. The van der Waals surface area contributed by atoms with E-state index in [0.29, 0.717) is 0 Å². The Bertz CT molecular complexity index is 645. The predicted octanol–water partition coefficient (Wildman–Crippen LogP) is 3.55. The summed E-state index contributed by atoms with van der Waals surface area (Å²) in [6.07, 6.45) is 0.789. The lowest BCUT2D eigenvalue weighted by molar-refractivity contribution is -0.384. The molecule has 0 saturated heterocycles. The minimum Gasteiger partial charge on any atom is -0.382 e. The SMILES string of the molecule is Cc1cc([N+](=O)[O-])ccc1NC(C)Cc1c(C)noc1C. The van der Waals surface area contributed by atoms with Crippen molar-refractivity contribution >= 4 is 11.4 Å². The number of nitrogens with one attached hydrogen (secondary N) is 1. The number of benzene rings is 1. The van der Waals surface area contributed by atoms with Gasteiger partial charge in [0.1, 0.15) is 5.76 Å². The average molecular weight is 289 g/mol. The van der Waals surface area contributed by atoms with E-state index in [-0.39, 0.29) is 16.7 Å². The van der Waals surface area contributed by atoms with Crippen LogP contribution in [0.3, 0.4) is 0 Å². The molecule has 21 heavy (non-hydrogen) atoms. The molecule has 0 spiro atoms. The van der Waals surface area contributed by atoms with Gasteiger partial charge in [0.25, 0.3) is 5.69 Å². The Morgan fingerprint density at radius 3 is 2.62 bits per heavy atom. The minimum atomic E-state index is -0.385. The predicted molar refractivity (Wildman–Crippen MR) is 80.6 cm³/mol. The molecule has 6 nitrogen and oxygen atoms in total. The van der Waals surface area contributed by atoms with Gasteiger partial charge in [-0.3, -0.25) is 10.1 Å². The van der Waals surface area contributed by atoms with Crippen LogP contribution in [-0.2, 0) is 6.42 Å². The number of aryl methyl sites for hydroxylation is 3. The molecule has 1 aromatic heterocycles. The summed E-state index contributed by atoms with van der Waals surface area (Å²) in [6.45, 7) is 7.75. The van der Waals surface area contributed by atoms with Gasteiger partial charge in [-0.15, -0.1) is 0 Å². The van der Waals surface area contributed by atoms with E-state index >= 15 is 0 Å². The molecule has 1 N–H and O–H groups in total. The van der Waals surface area contributed by atoms with Crippen LogP contribution in [0.2, 0.25) is 0 Å². The highest BCUT2D eigenvalue weighted by atomic mass is 16.6. The van der Waals surface area contributed by atoms with Crippen molar-refractivity contribution in [3.05, 3.63) is 50.9 Å². The Morgan fingerprint density at radius 1 is 1.38 bits per heavy atom. The van der Waals surface area contributed by atoms with Crippen molar-refractivity contribution in [2.75, 3.05) is 5.32 Å². The summed E-state index contributed by atoms with van der Waals surface area (Å²) in [5, 5.41) is 18.1. The maximum Gasteiger partial charge on any atom is 0.269 e. The van der Waals surface area contributed by atoms with Crippen molar-refractivity contribution < 1.29 is 9.45 Å². The fourth-order valence-electron chi connectivity index (χ4n) is 2.34. The molecule has 0 amide bonds. The second-order valence-corrected chi connectivity index (χ2v) is 5.31. The molecule has 0 radical (unpaired) electrons. The number of non-ortho nitro benzene ring substituents is 1. The summed E-state index contributed by atoms with van der Waals surface area (Å²) in [5.74, 6) is 0.835. The first-order valence-corrected chi connectivity index (χ1v) is 6.81. The summed E-state index contributed by atoms with van der Waals surface area (Å²) in [7, 11) is 0. The number of anilines is 1. The van der Waals surface area contributed by atoms with Gasteiger partial charge in [-0.1, -0.05) is 5.16 Å². The Kier molecular flexibility index (Phi) is 4.26. The van der Waals surface area contributed by atoms with Gasteiger partial charge in [-0.05, 0) is 45.7 Å². The molecule has 112 valence electrons. The zero-order valence-electron chi connectivity index (χ0n) is 12.6. The molecule has 0 saturated carbocycles. The standard InChI is InChI=1S/C15H19N3O3/c1-9-7-13(18(19)20)5-6-15(9)16-10(2)8-14-11(3)17-21-12(14)4/h5-7,10,16H,8H2,1-4H3. The van der Waals surface area contributed by atoms with Crippen LogP contribution >= 0.6 is 0 Å². The van der Waals surface area contributed by atoms with Crippen LogP contribution in [0.5, 0.6) is 0 Å². The average Bonchev–Trinajstić information content (AvgIpc) is 2.72. The molecule has 1 atom stereocenters. The Labute approximate surface area is 123 Å². The van der Waals surface area contributed by atoms with Gasteiger partial charge >= 0.3 is 0 Å². The Morgan fingerprint density at radius 2 is 2.10 bits per heavy atom. The molecular formula is C15H19N3O3. The smallest absolute Gasteiger partial charge is 0.269 e. The van der Waals surface area contributed by atoms with Crippen LogP contribution in [0.15, 0.2) is 22.7 Å². The van der Waals surface area contributed by atoms with Crippen LogP contribution in [-0.4, -0.2) is 16.1 Å². The monoisotopic (exact) mass is 289 g/mol. The highest BCUT2D eigenvalue weighted by Crippen LogP contribution is 2.23. The molecule has 0 aliphatic heterocycles. The minimum absolute atomic E-state index is 0.108. The van der Waals surface area contributed by atoms with E-state index in [0.717, 1.165) is 34.7 Å². The van der Waals surface area contributed by atoms with Gasteiger partial charge in [0.05, 0.1) is 10.6 Å².